The van der Waals surface area contributed by atoms with Crippen molar-refractivity contribution in [1.29, 1.82) is 10.5 Å². The number of fused-ring (bicyclic) bond motifs is 6. The van der Waals surface area contributed by atoms with Crippen LogP contribution in [0, 0.1) is 29.2 Å². The molecule has 0 aliphatic heterocycles. The highest BCUT2D eigenvalue weighted by atomic mass is 15.0. The van der Waals surface area contributed by atoms with Crippen molar-refractivity contribution in [3.63, 3.8) is 0 Å². The molecule has 12 aromatic rings. The molecule has 9 aromatic carbocycles. The Morgan fingerprint density at radius 1 is 0.397 bits per heavy atom. The first-order valence-corrected chi connectivity index (χ1v) is 22.3. The van der Waals surface area contributed by atoms with E-state index in [9.17, 15) is 10.5 Å². The fourth-order valence-electron chi connectivity index (χ4n) is 9.96. The first kappa shape index (κ1) is 39.8. The van der Waals surface area contributed by atoms with Crippen LogP contribution < -0.4 is 0 Å². The van der Waals surface area contributed by atoms with Crippen LogP contribution in [-0.2, 0) is 0 Å². The van der Waals surface area contributed by atoms with Crippen LogP contribution in [0.1, 0.15) is 11.1 Å². The van der Waals surface area contributed by atoms with Gasteiger partial charge in [0.2, 0.25) is 0 Å². The molecule has 3 heterocycles. The molecule has 6 nitrogen and oxygen atoms in total. The van der Waals surface area contributed by atoms with Crippen LogP contribution in [0.3, 0.4) is 0 Å². The number of nitrogens with zero attached hydrogens (tertiary/aromatic N) is 6. The molecule has 0 radical (unpaired) electrons. The summed E-state index contributed by atoms with van der Waals surface area (Å²) in [4.78, 5) is 9.18. The summed E-state index contributed by atoms with van der Waals surface area (Å²) < 4.78 is 4.59. The second kappa shape index (κ2) is 16.3. The van der Waals surface area contributed by atoms with Gasteiger partial charge < -0.3 is 9.13 Å². The number of pyridine rings is 1. The molecule has 68 heavy (non-hydrogen) atoms. The van der Waals surface area contributed by atoms with Gasteiger partial charge >= 0.3 is 0 Å². The number of hydrogen-bond acceptors (Lipinski definition) is 3. The topological polar surface area (TPSA) is 74.7 Å². The van der Waals surface area contributed by atoms with Crippen molar-refractivity contribution in [2.24, 2.45) is 0 Å². The molecule has 0 spiro atoms. The van der Waals surface area contributed by atoms with Gasteiger partial charge in [-0.1, -0.05) is 152 Å². The lowest BCUT2D eigenvalue weighted by Crippen LogP contribution is -2.05. The number of nitriles is 2. The molecule has 314 valence electrons. The molecule has 0 bridgehead atoms. The molecule has 0 amide bonds. The molecule has 0 atom stereocenters. The number of aromatic nitrogens is 3. The maximum absolute atomic E-state index is 11.1. The van der Waals surface area contributed by atoms with Gasteiger partial charge in [0, 0.05) is 38.2 Å². The number of benzene rings is 9. The van der Waals surface area contributed by atoms with E-state index in [0.29, 0.717) is 16.8 Å². The Labute approximate surface area is 392 Å². The predicted molar refractivity (Wildman–Crippen MR) is 276 cm³/mol. The first-order valence-electron chi connectivity index (χ1n) is 22.3. The average Bonchev–Trinajstić information content (AvgIpc) is 3.92. The summed E-state index contributed by atoms with van der Waals surface area (Å²) in [7, 11) is 0. The Balaban J connectivity index is 1.23. The van der Waals surface area contributed by atoms with Gasteiger partial charge in [-0.2, -0.15) is 10.5 Å². The van der Waals surface area contributed by atoms with E-state index in [1.54, 1.807) is 0 Å². The van der Waals surface area contributed by atoms with Gasteiger partial charge in [0.05, 0.1) is 74.7 Å². The van der Waals surface area contributed by atoms with Gasteiger partial charge in [-0.05, 0) is 94.5 Å². The van der Waals surface area contributed by atoms with Crippen LogP contribution in [-0.4, -0.2) is 14.1 Å². The van der Waals surface area contributed by atoms with Crippen molar-refractivity contribution in [3.05, 3.63) is 241 Å². The molecule has 6 heteroatoms. The molecule has 0 N–H and O–H groups in total. The van der Waals surface area contributed by atoms with Gasteiger partial charge in [0.1, 0.15) is 0 Å². The molecule has 12 rings (SSSR count). The van der Waals surface area contributed by atoms with Crippen molar-refractivity contribution in [1.82, 2.24) is 14.1 Å². The van der Waals surface area contributed by atoms with E-state index in [1.165, 1.54) is 0 Å². The third-order valence-corrected chi connectivity index (χ3v) is 13.0. The third kappa shape index (κ3) is 6.51. The molecule has 0 fully saturated rings. The van der Waals surface area contributed by atoms with Gasteiger partial charge in [-0.15, -0.1) is 0 Å². The Morgan fingerprint density at radius 3 is 1.41 bits per heavy atom. The predicted octanol–water partition coefficient (Wildman–Crippen LogP) is 15.9. The number of para-hydroxylation sites is 3. The Bertz CT molecular complexity index is 3870. The summed E-state index contributed by atoms with van der Waals surface area (Å²) in [5.74, 6) is 0. The molecule has 0 saturated carbocycles. The van der Waals surface area contributed by atoms with Gasteiger partial charge in [0.15, 0.2) is 5.69 Å². The molecular formula is C62H36N6. The van der Waals surface area contributed by atoms with E-state index in [4.69, 9.17) is 11.6 Å². The molecule has 0 saturated heterocycles. The van der Waals surface area contributed by atoms with Crippen molar-refractivity contribution < 1.29 is 0 Å². The minimum absolute atomic E-state index is 0.499. The smallest absolute Gasteiger partial charge is 0.194 e. The van der Waals surface area contributed by atoms with E-state index < -0.39 is 0 Å². The zero-order chi connectivity index (χ0) is 45.7. The highest BCUT2D eigenvalue weighted by molar-refractivity contribution is 6.13. The molecule has 0 aliphatic carbocycles. The van der Waals surface area contributed by atoms with Crippen molar-refractivity contribution in [2.45, 2.75) is 0 Å². The minimum Gasteiger partial charge on any atom is -0.308 e. The fourth-order valence-corrected chi connectivity index (χ4v) is 9.96. The second-order valence-corrected chi connectivity index (χ2v) is 16.8. The molecular weight excluding hydrogens is 829 g/mol. The monoisotopic (exact) mass is 864 g/mol. The Hall–Kier alpha value is -9.80. The van der Waals surface area contributed by atoms with Crippen LogP contribution in [0.2, 0.25) is 0 Å². The summed E-state index contributed by atoms with van der Waals surface area (Å²) in [6.45, 7) is 7.95. The lowest BCUT2D eigenvalue weighted by Gasteiger charge is -2.22. The second-order valence-electron chi connectivity index (χ2n) is 16.8. The van der Waals surface area contributed by atoms with Gasteiger partial charge in [0.25, 0.3) is 0 Å². The lowest BCUT2D eigenvalue weighted by molar-refractivity contribution is 1.13. The Morgan fingerprint density at radius 2 is 0.868 bits per heavy atom. The van der Waals surface area contributed by atoms with Gasteiger partial charge in [-0.3, -0.25) is 0 Å². The lowest BCUT2D eigenvalue weighted by atomic mass is 9.95. The largest absolute Gasteiger partial charge is 0.308 e. The standard InChI is InChI=1S/C62H36N6/c1-65-53-25-13-10-22-48(53)44-29-31-59-52(35-44)50-24-12-15-27-57(50)68(59)61-33-40(38-63)32-60(62(61)46-36-54(41-16-4-2-5-17-41)66-55(37-46)42-18-6-3-7-19-42)67-56-26-14-11-23-49(56)51-34-43(28-30-58(51)67)47-21-9-8-20-45(47)39-64/h2-37H. The number of rotatable bonds is 7. The van der Waals surface area contributed by atoms with E-state index in [-0.39, 0.29) is 0 Å². The van der Waals surface area contributed by atoms with E-state index in [1.807, 2.05) is 97.1 Å². The summed E-state index contributed by atoms with van der Waals surface area (Å²) >= 11 is 0. The highest BCUT2D eigenvalue weighted by Crippen LogP contribution is 2.45. The normalized spacial score (nSPS) is 11.2. The van der Waals surface area contributed by atoms with Crippen molar-refractivity contribution >= 4 is 49.3 Å². The van der Waals surface area contributed by atoms with E-state index >= 15 is 0 Å². The highest BCUT2D eigenvalue weighted by Gasteiger charge is 2.25. The SMILES string of the molecule is [C-]#[N+]c1ccccc1-c1ccc2c(c1)c1ccccc1n2-c1cc(C#N)cc(-n2c3ccccc3c3cc(-c4ccccc4C#N)ccc32)c1-c1cc(-c2ccccc2)nc(-c2ccccc2)c1. The zero-order valence-electron chi connectivity index (χ0n) is 36.5. The fraction of sp³-hybridized carbons (Fsp3) is 0. The quantitative estimate of drug-likeness (QED) is 0.150. The Kier molecular flexibility index (Phi) is 9.55. The summed E-state index contributed by atoms with van der Waals surface area (Å²) in [5.41, 5.74) is 16.3. The average molecular weight is 865 g/mol. The first-order chi connectivity index (χ1) is 33.6. The van der Waals surface area contributed by atoms with Gasteiger partial charge in [-0.25, -0.2) is 9.83 Å². The van der Waals surface area contributed by atoms with Crippen LogP contribution >= 0.6 is 0 Å². The van der Waals surface area contributed by atoms with Crippen LogP contribution in [0.5, 0.6) is 0 Å². The van der Waals surface area contributed by atoms with Crippen LogP contribution in [0.15, 0.2) is 218 Å². The summed E-state index contributed by atoms with van der Waals surface area (Å²) in [6, 6.07) is 79.0. The van der Waals surface area contributed by atoms with Crippen LogP contribution in [0.25, 0.3) is 116 Å². The molecule has 0 unspecified atom stereocenters. The summed E-state index contributed by atoms with van der Waals surface area (Å²) in [6.07, 6.45) is 0. The number of hydrogen-bond donors (Lipinski definition) is 0. The van der Waals surface area contributed by atoms with Crippen molar-refractivity contribution in [2.75, 3.05) is 0 Å². The van der Waals surface area contributed by atoms with Crippen molar-refractivity contribution in [3.8, 4) is 79.4 Å². The maximum atomic E-state index is 11.1. The third-order valence-electron chi connectivity index (χ3n) is 13.0. The van der Waals surface area contributed by atoms with Crippen LogP contribution in [0.4, 0.5) is 5.69 Å². The maximum Gasteiger partial charge on any atom is 0.194 e. The summed E-state index contributed by atoms with van der Waals surface area (Å²) in [5, 5.41) is 25.3. The zero-order valence-corrected chi connectivity index (χ0v) is 36.5. The van der Waals surface area contributed by atoms with E-state index in [0.717, 1.165) is 111 Å². The molecule has 0 aliphatic rings. The molecule has 3 aromatic heterocycles. The minimum atomic E-state index is 0.499. The van der Waals surface area contributed by atoms with E-state index in [2.05, 4.69) is 147 Å².